The van der Waals surface area contributed by atoms with E-state index in [1.165, 1.54) is 25.3 Å². The summed E-state index contributed by atoms with van der Waals surface area (Å²) in [5.74, 6) is 0.412. The fraction of sp³-hybridized carbons (Fsp3) is 0.647. The van der Waals surface area contributed by atoms with Crippen LogP contribution in [0.2, 0.25) is 5.02 Å². The lowest BCUT2D eigenvalue weighted by molar-refractivity contribution is 0.319. The van der Waals surface area contributed by atoms with Gasteiger partial charge in [0.05, 0.1) is 0 Å². The maximum atomic E-state index is 13.4. The van der Waals surface area contributed by atoms with Gasteiger partial charge in [0.2, 0.25) is 0 Å². The molecule has 0 heterocycles. The molecule has 0 aromatic heterocycles. The number of likely N-dealkylation sites (N-methyl/N-ethyl adjacent to an activating group) is 1. The molecule has 0 saturated heterocycles. The highest BCUT2D eigenvalue weighted by atomic mass is 35.5. The number of nitrogens with one attached hydrogen (secondary N) is 1. The number of halogens is 2. The van der Waals surface area contributed by atoms with Gasteiger partial charge in [-0.3, -0.25) is 0 Å². The number of hydrogen-bond acceptors (Lipinski definition) is 1. The van der Waals surface area contributed by atoms with Crippen LogP contribution in [0, 0.1) is 11.7 Å². The zero-order chi connectivity index (χ0) is 15.0. The van der Waals surface area contributed by atoms with Crippen molar-refractivity contribution in [1.82, 2.24) is 5.32 Å². The van der Waals surface area contributed by atoms with Gasteiger partial charge in [0.15, 0.2) is 0 Å². The molecule has 0 amide bonds. The molecule has 2 unspecified atom stereocenters. The Hall–Kier alpha value is -0.600. The van der Waals surface area contributed by atoms with Crippen LogP contribution in [0.25, 0.3) is 0 Å². The molecule has 0 spiro atoms. The summed E-state index contributed by atoms with van der Waals surface area (Å²) in [5, 5.41) is 4.22. The van der Waals surface area contributed by atoms with Gasteiger partial charge in [-0.1, -0.05) is 51.6 Å². The van der Waals surface area contributed by atoms with E-state index >= 15 is 0 Å². The fourth-order valence-corrected chi connectivity index (χ4v) is 2.96. The Morgan fingerprint density at radius 2 is 2.00 bits per heavy atom. The maximum absolute atomic E-state index is 13.4. The van der Waals surface area contributed by atoms with E-state index in [1.54, 1.807) is 12.1 Å². The molecule has 0 bridgehead atoms. The molecule has 0 fully saturated rings. The monoisotopic (exact) mass is 299 g/mol. The summed E-state index contributed by atoms with van der Waals surface area (Å²) in [7, 11) is 0. The Bertz CT molecular complexity index is 395. The molecule has 1 nitrogen and oxygen atoms in total. The van der Waals surface area contributed by atoms with Gasteiger partial charge in [0.25, 0.3) is 0 Å². The van der Waals surface area contributed by atoms with Gasteiger partial charge < -0.3 is 5.32 Å². The van der Waals surface area contributed by atoms with Crippen LogP contribution in [0.1, 0.15) is 52.0 Å². The van der Waals surface area contributed by atoms with Gasteiger partial charge in [0.1, 0.15) is 5.82 Å². The van der Waals surface area contributed by atoms with E-state index in [0.717, 1.165) is 24.9 Å². The van der Waals surface area contributed by atoms with Crippen LogP contribution in [-0.2, 0) is 6.42 Å². The highest BCUT2D eigenvalue weighted by Crippen LogP contribution is 2.24. The average molecular weight is 300 g/mol. The van der Waals surface area contributed by atoms with Crippen molar-refractivity contribution >= 4 is 11.6 Å². The first-order valence-corrected chi connectivity index (χ1v) is 8.17. The zero-order valence-corrected chi connectivity index (χ0v) is 13.6. The Kier molecular flexibility index (Phi) is 8.16. The summed E-state index contributed by atoms with van der Waals surface area (Å²) in [6.07, 6.45) is 5.63. The van der Waals surface area contributed by atoms with E-state index in [0.29, 0.717) is 17.0 Å². The summed E-state index contributed by atoms with van der Waals surface area (Å²) in [5.41, 5.74) is 0.910. The van der Waals surface area contributed by atoms with Crippen molar-refractivity contribution in [3.8, 4) is 0 Å². The molecule has 0 aliphatic carbocycles. The van der Waals surface area contributed by atoms with Gasteiger partial charge in [0, 0.05) is 11.1 Å². The van der Waals surface area contributed by atoms with Crippen molar-refractivity contribution in [3.63, 3.8) is 0 Å². The molecule has 0 aliphatic rings. The largest absolute Gasteiger partial charge is 0.314 e. The Labute approximate surface area is 127 Å². The Balaban J connectivity index is 2.81. The number of benzene rings is 1. The lowest BCUT2D eigenvalue weighted by Crippen LogP contribution is -2.38. The topological polar surface area (TPSA) is 12.0 Å². The predicted octanol–water partition coefficient (Wildman–Crippen LogP) is 5.22. The van der Waals surface area contributed by atoms with Crippen LogP contribution in [0.15, 0.2) is 18.2 Å². The highest BCUT2D eigenvalue weighted by molar-refractivity contribution is 6.31. The van der Waals surface area contributed by atoms with Gasteiger partial charge >= 0.3 is 0 Å². The lowest BCUT2D eigenvalue weighted by atomic mass is 9.87. The van der Waals surface area contributed by atoms with Crippen molar-refractivity contribution in [2.24, 2.45) is 5.92 Å². The third kappa shape index (κ3) is 5.41. The minimum atomic E-state index is -0.207. The summed E-state index contributed by atoms with van der Waals surface area (Å²) in [4.78, 5) is 0. The smallest absolute Gasteiger partial charge is 0.123 e. The van der Waals surface area contributed by atoms with Crippen molar-refractivity contribution < 1.29 is 4.39 Å². The second kappa shape index (κ2) is 9.36. The van der Waals surface area contributed by atoms with Crippen molar-refractivity contribution in [3.05, 3.63) is 34.6 Å². The summed E-state index contributed by atoms with van der Waals surface area (Å²) >= 11 is 6.20. The minimum Gasteiger partial charge on any atom is -0.314 e. The zero-order valence-electron chi connectivity index (χ0n) is 12.9. The Morgan fingerprint density at radius 3 is 2.60 bits per heavy atom. The van der Waals surface area contributed by atoms with Gasteiger partial charge in [-0.25, -0.2) is 4.39 Å². The highest BCUT2D eigenvalue weighted by Gasteiger charge is 2.20. The number of rotatable bonds is 9. The van der Waals surface area contributed by atoms with Crippen LogP contribution in [0.4, 0.5) is 4.39 Å². The SMILES string of the molecule is CCCCC(CC)C(Cc1cc(F)ccc1Cl)NCC. The Morgan fingerprint density at radius 1 is 1.25 bits per heavy atom. The third-order valence-corrected chi connectivity index (χ3v) is 4.30. The summed E-state index contributed by atoms with van der Waals surface area (Å²) in [6.45, 7) is 7.50. The van der Waals surface area contributed by atoms with Gasteiger partial charge in [-0.15, -0.1) is 0 Å². The quantitative estimate of drug-likeness (QED) is 0.659. The predicted molar refractivity (Wildman–Crippen MR) is 85.9 cm³/mol. The van der Waals surface area contributed by atoms with E-state index in [2.05, 4.69) is 26.1 Å². The average Bonchev–Trinajstić information content (AvgIpc) is 2.43. The second-order valence-corrected chi connectivity index (χ2v) is 5.82. The van der Waals surface area contributed by atoms with E-state index in [-0.39, 0.29) is 5.82 Å². The lowest BCUT2D eigenvalue weighted by Gasteiger charge is -2.27. The third-order valence-electron chi connectivity index (χ3n) is 3.94. The molecule has 0 radical (unpaired) electrons. The van der Waals surface area contributed by atoms with E-state index in [9.17, 15) is 4.39 Å². The molecule has 114 valence electrons. The second-order valence-electron chi connectivity index (χ2n) is 5.41. The normalized spacial score (nSPS) is 14.2. The van der Waals surface area contributed by atoms with E-state index in [1.807, 2.05) is 0 Å². The van der Waals surface area contributed by atoms with Gasteiger partial charge in [-0.05, 0) is 49.1 Å². The number of unbranched alkanes of at least 4 members (excludes halogenated alkanes) is 1. The van der Waals surface area contributed by atoms with Gasteiger partial charge in [-0.2, -0.15) is 0 Å². The molecule has 1 N–H and O–H groups in total. The molecular formula is C17H27ClFN. The van der Waals surface area contributed by atoms with E-state index in [4.69, 9.17) is 11.6 Å². The van der Waals surface area contributed by atoms with Crippen LogP contribution in [-0.4, -0.2) is 12.6 Å². The van der Waals surface area contributed by atoms with E-state index < -0.39 is 0 Å². The molecule has 2 atom stereocenters. The summed E-state index contributed by atoms with van der Waals surface area (Å²) in [6, 6.07) is 5.01. The molecule has 0 saturated carbocycles. The van der Waals surface area contributed by atoms with Crippen LogP contribution >= 0.6 is 11.6 Å². The van der Waals surface area contributed by atoms with Crippen LogP contribution < -0.4 is 5.32 Å². The van der Waals surface area contributed by atoms with Crippen molar-refractivity contribution in [1.29, 1.82) is 0 Å². The molecule has 3 heteroatoms. The van der Waals surface area contributed by atoms with Crippen molar-refractivity contribution in [2.75, 3.05) is 6.54 Å². The fourth-order valence-electron chi connectivity index (χ4n) is 2.76. The summed E-state index contributed by atoms with van der Waals surface area (Å²) < 4.78 is 13.4. The molecular weight excluding hydrogens is 273 g/mol. The standard InChI is InChI=1S/C17H27ClFN/c1-4-7-8-13(5-2)17(20-6-3)12-14-11-15(19)9-10-16(14)18/h9-11,13,17,20H,4-8,12H2,1-3H3. The first-order valence-electron chi connectivity index (χ1n) is 7.79. The minimum absolute atomic E-state index is 0.207. The molecule has 1 aromatic rings. The first-order chi connectivity index (χ1) is 9.62. The maximum Gasteiger partial charge on any atom is 0.123 e. The first kappa shape index (κ1) is 17.5. The van der Waals surface area contributed by atoms with Crippen LogP contribution in [0.5, 0.6) is 0 Å². The molecule has 1 rings (SSSR count). The molecule has 1 aromatic carbocycles. The van der Waals surface area contributed by atoms with Crippen molar-refractivity contribution in [2.45, 2.75) is 58.9 Å². The van der Waals surface area contributed by atoms with Crippen LogP contribution in [0.3, 0.4) is 0 Å². The number of hydrogen-bond donors (Lipinski definition) is 1. The molecule has 20 heavy (non-hydrogen) atoms. The molecule has 0 aliphatic heterocycles.